The van der Waals surface area contributed by atoms with E-state index in [-0.39, 0.29) is 11.6 Å². The summed E-state index contributed by atoms with van der Waals surface area (Å²) in [5.74, 6) is 0.295. The van der Waals surface area contributed by atoms with Crippen molar-refractivity contribution in [2.45, 2.75) is 13.3 Å². The summed E-state index contributed by atoms with van der Waals surface area (Å²) in [6.07, 6.45) is 0.992. The molecule has 0 aliphatic carbocycles. The van der Waals surface area contributed by atoms with Gasteiger partial charge in [-0.2, -0.15) is 0 Å². The van der Waals surface area contributed by atoms with Crippen LogP contribution in [0.3, 0.4) is 0 Å². The van der Waals surface area contributed by atoms with E-state index in [1.807, 2.05) is 0 Å². The van der Waals surface area contributed by atoms with E-state index >= 15 is 0 Å². The van der Waals surface area contributed by atoms with E-state index in [1.165, 1.54) is 0 Å². The number of rotatable bonds is 5. The van der Waals surface area contributed by atoms with Crippen LogP contribution in [0.5, 0.6) is 0 Å². The van der Waals surface area contributed by atoms with Crippen molar-refractivity contribution >= 4 is 44.9 Å². The predicted molar refractivity (Wildman–Crippen MR) is 87.9 cm³/mol. The lowest BCUT2D eigenvalue weighted by atomic mass is 10.3. The summed E-state index contributed by atoms with van der Waals surface area (Å²) >= 11 is 9.36. The molecule has 5 nitrogen and oxygen atoms in total. The summed E-state index contributed by atoms with van der Waals surface area (Å²) in [7, 11) is 0. The van der Waals surface area contributed by atoms with Crippen molar-refractivity contribution in [1.29, 1.82) is 0 Å². The van der Waals surface area contributed by atoms with Crippen molar-refractivity contribution in [3.63, 3.8) is 0 Å². The van der Waals surface area contributed by atoms with Crippen LogP contribution in [0.2, 0.25) is 5.02 Å². The van der Waals surface area contributed by atoms with Gasteiger partial charge in [0.2, 0.25) is 0 Å². The summed E-state index contributed by atoms with van der Waals surface area (Å²) in [5, 5.41) is 14.1. The first-order chi connectivity index (χ1) is 10.1. The van der Waals surface area contributed by atoms with Crippen molar-refractivity contribution in [2.24, 2.45) is 0 Å². The molecule has 1 aromatic carbocycles. The zero-order chi connectivity index (χ0) is 15.2. The van der Waals surface area contributed by atoms with E-state index in [2.05, 4.69) is 43.7 Å². The first-order valence-corrected chi connectivity index (χ1v) is 7.61. The van der Waals surface area contributed by atoms with Gasteiger partial charge in [-0.3, -0.25) is 4.79 Å². The number of nitrogens with zero attached hydrogens (tertiary/aromatic N) is 2. The van der Waals surface area contributed by atoms with Crippen molar-refractivity contribution in [2.75, 3.05) is 17.2 Å². The quantitative estimate of drug-likeness (QED) is 0.837. The highest BCUT2D eigenvalue weighted by Gasteiger charge is 2.10. The Kier molecular flexibility index (Phi) is 5.52. The number of hydrogen-bond donors (Lipinski definition) is 2. The summed E-state index contributed by atoms with van der Waals surface area (Å²) in [4.78, 5) is 12.1. The Labute approximate surface area is 136 Å². The number of aromatic nitrogens is 2. The number of hydrogen-bond acceptors (Lipinski definition) is 4. The molecule has 0 aliphatic heterocycles. The molecule has 1 aromatic heterocycles. The molecule has 21 heavy (non-hydrogen) atoms. The maximum absolute atomic E-state index is 12.1. The topological polar surface area (TPSA) is 66.9 Å². The van der Waals surface area contributed by atoms with Crippen molar-refractivity contribution in [3.05, 3.63) is 45.5 Å². The van der Waals surface area contributed by atoms with Gasteiger partial charge in [-0.1, -0.05) is 34.5 Å². The molecule has 1 heterocycles. The fraction of sp³-hybridized carbons (Fsp3) is 0.214. The van der Waals surface area contributed by atoms with E-state index < -0.39 is 0 Å². The molecule has 0 aliphatic rings. The summed E-state index contributed by atoms with van der Waals surface area (Å²) in [6, 6.07) is 8.56. The van der Waals surface area contributed by atoms with Crippen LogP contribution in [0, 0.1) is 0 Å². The SMILES string of the molecule is CCCNc1ccc(C(=O)Nc2ccc(Br)cc2Cl)nn1. The zero-order valence-corrected chi connectivity index (χ0v) is 13.7. The van der Waals surface area contributed by atoms with Crippen LogP contribution in [0.4, 0.5) is 11.5 Å². The molecule has 2 N–H and O–H groups in total. The Morgan fingerprint density at radius 1 is 1.29 bits per heavy atom. The molecule has 2 rings (SSSR count). The second-order valence-corrected chi connectivity index (χ2v) is 5.63. The summed E-state index contributed by atoms with van der Waals surface area (Å²) in [5.41, 5.74) is 0.760. The lowest BCUT2D eigenvalue weighted by Crippen LogP contribution is -2.15. The van der Waals surface area contributed by atoms with Gasteiger partial charge >= 0.3 is 0 Å². The van der Waals surface area contributed by atoms with Crippen LogP contribution < -0.4 is 10.6 Å². The molecular formula is C14H14BrClN4O. The molecule has 0 saturated heterocycles. The highest BCUT2D eigenvalue weighted by Crippen LogP contribution is 2.25. The standard InChI is InChI=1S/C14H14BrClN4O/c1-2-7-17-13-6-5-12(19-20-13)14(21)18-11-4-3-9(15)8-10(11)16/h3-6,8H,2,7H2,1H3,(H,17,20)(H,18,21). The number of benzene rings is 1. The normalized spacial score (nSPS) is 10.2. The van der Waals surface area contributed by atoms with E-state index in [4.69, 9.17) is 11.6 Å². The van der Waals surface area contributed by atoms with Gasteiger partial charge in [-0.25, -0.2) is 0 Å². The first-order valence-electron chi connectivity index (χ1n) is 6.44. The van der Waals surface area contributed by atoms with Crippen molar-refractivity contribution < 1.29 is 4.79 Å². The lowest BCUT2D eigenvalue weighted by Gasteiger charge is -2.07. The third-order valence-electron chi connectivity index (χ3n) is 2.63. The molecule has 0 atom stereocenters. The molecule has 0 unspecified atom stereocenters. The lowest BCUT2D eigenvalue weighted by molar-refractivity contribution is 0.102. The Bertz CT molecular complexity index is 633. The van der Waals surface area contributed by atoms with Gasteiger partial charge in [-0.05, 0) is 36.8 Å². The van der Waals surface area contributed by atoms with Crippen LogP contribution in [-0.4, -0.2) is 22.6 Å². The second-order valence-electron chi connectivity index (χ2n) is 4.31. The van der Waals surface area contributed by atoms with Gasteiger partial charge in [0, 0.05) is 11.0 Å². The molecule has 0 saturated carbocycles. The largest absolute Gasteiger partial charge is 0.369 e. The van der Waals surface area contributed by atoms with Gasteiger partial charge in [-0.15, -0.1) is 10.2 Å². The number of amides is 1. The van der Waals surface area contributed by atoms with Crippen LogP contribution >= 0.6 is 27.5 Å². The molecule has 0 bridgehead atoms. The van der Waals surface area contributed by atoms with Crippen molar-refractivity contribution in [1.82, 2.24) is 10.2 Å². The minimum absolute atomic E-state index is 0.232. The summed E-state index contributed by atoms with van der Waals surface area (Å²) in [6.45, 7) is 2.87. The second kappa shape index (κ2) is 7.38. The molecule has 7 heteroatoms. The summed E-state index contributed by atoms with van der Waals surface area (Å²) < 4.78 is 0.844. The minimum Gasteiger partial charge on any atom is -0.369 e. The number of nitrogens with one attached hydrogen (secondary N) is 2. The van der Waals surface area contributed by atoms with E-state index in [1.54, 1.807) is 30.3 Å². The van der Waals surface area contributed by atoms with Crippen LogP contribution in [0.1, 0.15) is 23.8 Å². The highest BCUT2D eigenvalue weighted by atomic mass is 79.9. The Balaban J connectivity index is 2.06. The van der Waals surface area contributed by atoms with Crippen LogP contribution in [0.25, 0.3) is 0 Å². The van der Waals surface area contributed by atoms with Crippen molar-refractivity contribution in [3.8, 4) is 0 Å². The smallest absolute Gasteiger partial charge is 0.276 e. The molecule has 0 fully saturated rings. The van der Waals surface area contributed by atoms with Gasteiger partial charge in [0.1, 0.15) is 5.82 Å². The van der Waals surface area contributed by atoms with Gasteiger partial charge in [0.25, 0.3) is 5.91 Å². The highest BCUT2D eigenvalue weighted by molar-refractivity contribution is 9.10. The number of anilines is 2. The van der Waals surface area contributed by atoms with Gasteiger partial charge < -0.3 is 10.6 Å². The molecule has 1 amide bonds. The Morgan fingerprint density at radius 3 is 2.71 bits per heavy atom. The Hall–Kier alpha value is -1.66. The Morgan fingerprint density at radius 2 is 2.10 bits per heavy atom. The van der Waals surface area contributed by atoms with E-state index in [9.17, 15) is 4.79 Å². The van der Waals surface area contributed by atoms with E-state index in [0.29, 0.717) is 16.5 Å². The van der Waals surface area contributed by atoms with Gasteiger partial charge in [0.05, 0.1) is 10.7 Å². The maximum atomic E-state index is 12.1. The molecule has 110 valence electrons. The number of carbonyl (C=O) groups excluding carboxylic acids is 1. The molecule has 2 aromatic rings. The average molecular weight is 370 g/mol. The van der Waals surface area contributed by atoms with Crippen LogP contribution in [0.15, 0.2) is 34.8 Å². The monoisotopic (exact) mass is 368 g/mol. The number of halogens is 2. The minimum atomic E-state index is -0.353. The van der Waals surface area contributed by atoms with Gasteiger partial charge in [0.15, 0.2) is 5.69 Å². The number of carbonyl (C=O) groups is 1. The average Bonchev–Trinajstić information content (AvgIpc) is 2.48. The molecular weight excluding hydrogens is 356 g/mol. The first kappa shape index (κ1) is 15.7. The third kappa shape index (κ3) is 4.41. The predicted octanol–water partition coefficient (Wildman–Crippen LogP) is 3.97. The molecule has 0 radical (unpaired) electrons. The fourth-order valence-electron chi connectivity index (χ4n) is 1.58. The third-order valence-corrected chi connectivity index (χ3v) is 3.44. The fourth-order valence-corrected chi connectivity index (χ4v) is 2.30. The zero-order valence-electron chi connectivity index (χ0n) is 11.4. The maximum Gasteiger partial charge on any atom is 0.276 e. The molecule has 0 spiro atoms. The van der Waals surface area contributed by atoms with E-state index in [0.717, 1.165) is 17.4 Å². The van der Waals surface area contributed by atoms with Crippen LogP contribution in [-0.2, 0) is 0 Å².